The number of primary amides is 1. The van der Waals surface area contributed by atoms with Crippen molar-refractivity contribution in [2.45, 2.75) is 76.7 Å². The number of nitrogen functional groups attached to an aromatic ring is 1. The van der Waals surface area contributed by atoms with E-state index in [1.165, 1.54) is 30.6 Å². The van der Waals surface area contributed by atoms with E-state index < -0.39 is 11.5 Å². The Morgan fingerprint density at radius 2 is 1.87 bits per heavy atom. The number of hydrogen-bond donors (Lipinski definition) is 2. The molecule has 1 saturated carbocycles. The fourth-order valence-corrected chi connectivity index (χ4v) is 5.78. The second-order valence-electron chi connectivity index (χ2n) is 9.77. The van der Waals surface area contributed by atoms with E-state index in [0.29, 0.717) is 29.6 Å². The average Bonchev–Trinajstić information content (AvgIpc) is 3.32. The summed E-state index contributed by atoms with van der Waals surface area (Å²) >= 11 is 1.28. The Labute approximate surface area is 187 Å². The monoisotopic (exact) mass is 444 g/mol. The molecule has 1 aliphatic carbocycles. The summed E-state index contributed by atoms with van der Waals surface area (Å²) in [6.45, 7) is 6.82. The lowest BCUT2D eigenvalue weighted by Gasteiger charge is -2.25. The molecule has 4 rings (SSSR count). The van der Waals surface area contributed by atoms with Crippen LogP contribution in [0.4, 0.5) is 10.5 Å². The number of likely N-dealkylation sites (tertiary alicyclic amines) is 1. The van der Waals surface area contributed by atoms with Crippen LogP contribution < -0.4 is 11.5 Å². The highest BCUT2D eigenvalue weighted by Crippen LogP contribution is 2.43. The number of ether oxygens (including phenoxy) is 1. The van der Waals surface area contributed by atoms with E-state index in [0.717, 1.165) is 40.7 Å². The molecule has 2 aromatic heterocycles. The topological polar surface area (TPSA) is 112 Å². The highest BCUT2D eigenvalue weighted by atomic mass is 32.1. The first-order chi connectivity index (χ1) is 14.6. The average molecular weight is 445 g/mol. The number of thiophene rings is 1. The highest BCUT2D eigenvalue weighted by molar-refractivity contribution is 7.21. The molecule has 1 atom stereocenters. The Kier molecular flexibility index (Phi) is 5.85. The minimum absolute atomic E-state index is 0.123. The third-order valence-electron chi connectivity index (χ3n) is 6.28. The molecule has 3 heterocycles. The smallest absolute Gasteiger partial charge is 0.410 e. The predicted octanol–water partition coefficient (Wildman–Crippen LogP) is 4.75. The number of fused-ring (bicyclic) bond motifs is 1. The summed E-state index contributed by atoms with van der Waals surface area (Å²) in [6.07, 6.45) is 6.51. The van der Waals surface area contributed by atoms with Gasteiger partial charge in [-0.3, -0.25) is 4.79 Å². The van der Waals surface area contributed by atoms with Crippen LogP contribution in [0.25, 0.3) is 10.2 Å². The SMILES string of the molecule is CC(C)(C)OC(=O)N1CCC(c2cc(C3CCCCC3)nc3sc(C(N)=O)c(N)c23)C1. The van der Waals surface area contributed by atoms with Crippen molar-refractivity contribution in [3.05, 3.63) is 22.2 Å². The van der Waals surface area contributed by atoms with Crippen LogP contribution in [0.3, 0.4) is 0 Å². The lowest BCUT2D eigenvalue weighted by atomic mass is 9.85. The van der Waals surface area contributed by atoms with E-state index >= 15 is 0 Å². The molecule has 2 aromatic rings. The molecule has 0 bridgehead atoms. The Morgan fingerprint density at radius 1 is 1.16 bits per heavy atom. The van der Waals surface area contributed by atoms with Crippen molar-refractivity contribution >= 4 is 39.2 Å². The normalized spacial score (nSPS) is 20.4. The van der Waals surface area contributed by atoms with Gasteiger partial charge in [0.2, 0.25) is 0 Å². The largest absolute Gasteiger partial charge is 0.444 e. The number of aromatic nitrogens is 1. The molecule has 4 N–H and O–H groups in total. The van der Waals surface area contributed by atoms with Crippen LogP contribution in [0, 0.1) is 0 Å². The highest BCUT2D eigenvalue weighted by Gasteiger charge is 2.33. The summed E-state index contributed by atoms with van der Waals surface area (Å²) in [6, 6.07) is 2.18. The molecule has 2 fully saturated rings. The van der Waals surface area contributed by atoms with Crippen LogP contribution >= 0.6 is 11.3 Å². The summed E-state index contributed by atoms with van der Waals surface area (Å²) < 4.78 is 5.56. The summed E-state index contributed by atoms with van der Waals surface area (Å²) in [7, 11) is 0. The summed E-state index contributed by atoms with van der Waals surface area (Å²) in [4.78, 5) is 32.4. The number of pyridine rings is 1. The van der Waals surface area contributed by atoms with Crippen LogP contribution in [-0.2, 0) is 4.74 Å². The van der Waals surface area contributed by atoms with Gasteiger partial charge in [0, 0.05) is 36.0 Å². The van der Waals surface area contributed by atoms with Crippen molar-refractivity contribution in [2.24, 2.45) is 5.73 Å². The molecule has 168 valence electrons. The van der Waals surface area contributed by atoms with Crippen LogP contribution in [0.2, 0.25) is 0 Å². The molecule has 0 spiro atoms. The molecule has 1 saturated heterocycles. The van der Waals surface area contributed by atoms with Gasteiger partial charge in [-0.15, -0.1) is 11.3 Å². The van der Waals surface area contributed by atoms with Gasteiger partial charge in [0.1, 0.15) is 15.3 Å². The second-order valence-corrected chi connectivity index (χ2v) is 10.8. The lowest BCUT2D eigenvalue weighted by Crippen LogP contribution is -2.35. The number of anilines is 1. The second kappa shape index (κ2) is 8.30. The minimum atomic E-state index is -0.526. The van der Waals surface area contributed by atoms with Crippen molar-refractivity contribution in [1.29, 1.82) is 0 Å². The molecule has 2 amide bonds. The third-order valence-corrected chi connectivity index (χ3v) is 7.39. The first-order valence-electron chi connectivity index (χ1n) is 11.1. The van der Waals surface area contributed by atoms with Crippen molar-refractivity contribution in [1.82, 2.24) is 9.88 Å². The molecule has 2 aliphatic rings. The summed E-state index contributed by atoms with van der Waals surface area (Å²) in [5, 5.41) is 0.828. The maximum absolute atomic E-state index is 12.6. The predicted molar refractivity (Wildman–Crippen MR) is 124 cm³/mol. The van der Waals surface area contributed by atoms with Gasteiger partial charge >= 0.3 is 6.09 Å². The summed E-state index contributed by atoms with van der Waals surface area (Å²) in [5.74, 6) is 0.0334. The van der Waals surface area contributed by atoms with Gasteiger partial charge in [0.15, 0.2) is 0 Å². The Morgan fingerprint density at radius 3 is 2.52 bits per heavy atom. The maximum Gasteiger partial charge on any atom is 0.410 e. The zero-order valence-electron chi connectivity index (χ0n) is 18.6. The Bertz CT molecular complexity index is 1000. The fourth-order valence-electron chi connectivity index (χ4n) is 4.79. The fraction of sp³-hybridized carbons (Fsp3) is 0.609. The number of nitrogens with zero attached hydrogens (tertiary/aromatic N) is 2. The molecule has 1 aliphatic heterocycles. The number of carbonyl (C=O) groups excluding carboxylic acids is 2. The molecular formula is C23H32N4O3S. The zero-order valence-corrected chi connectivity index (χ0v) is 19.4. The van der Waals surface area contributed by atoms with Crippen LogP contribution in [-0.4, -0.2) is 40.6 Å². The van der Waals surface area contributed by atoms with Gasteiger partial charge in [-0.05, 0) is 51.7 Å². The van der Waals surface area contributed by atoms with E-state index in [9.17, 15) is 9.59 Å². The van der Waals surface area contributed by atoms with Crippen LogP contribution in [0.5, 0.6) is 0 Å². The van der Waals surface area contributed by atoms with E-state index in [-0.39, 0.29) is 12.0 Å². The zero-order chi connectivity index (χ0) is 22.3. The number of amides is 2. The van der Waals surface area contributed by atoms with Crippen LogP contribution in [0.15, 0.2) is 6.07 Å². The van der Waals surface area contributed by atoms with Gasteiger partial charge in [0.25, 0.3) is 5.91 Å². The van der Waals surface area contributed by atoms with E-state index in [1.54, 1.807) is 4.90 Å². The van der Waals surface area contributed by atoms with E-state index in [1.807, 2.05) is 20.8 Å². The van der Waals surface area contributed by atoms with Gasteiger partial charge in [-0.1, -0.05) is 19.3 Å². The van der Waals surface area contributed by atoms with E-state index in [4.69, 9.17) is 21.2 Å². The number of carbonyl (C=O) groups is 2. The third kappa shape index (κ3) is 4.49. The van der Waals surface area contributed by atoms with Crippen molar-refractivity contribution in [3.63, 3.8) is 0 Å². The molecule has 1 unspecified atom stereocenters. The van der Waals surface area contributed by atoms with Gasteiger partial charge in [0.05, 0.1) is 5.69 Å². The molecule has 8 heteroatoms. The maximum atomic E-state index is 12.6. The lowest BCUT2D eigenvalue weighted by molar-refractivity contribution is 0.0292. The molecule has 31 heavy (non-hydrogen) atoms. The van der Waals surface area contributed by atoms with E-state index in [2.05, 4.69) is 6.07 Å². The quantitative estimate of drug-likeness (QED) is 0.709. The standard InChI is InChI=1S/C23H32N4O3S/c1-23(2,3)30-22(29)27-10-9-14(12-27)15-11-16(13-7-5-4-6-8-13)26-21-17(15)18(24)19(31-21)20(25)28/h11,13-14H,4-10,12,24H2,1-3H3,(H2,25,28). The number of hydrogen-bond acceptors (Lipinski definition) is 6. The van der Waals surface area contributed by atoms with Gasteiger partial charge < -0.3 is 21.1 Å². The number of rotatable bonds is 3. The minimum Gasteiger partial charge on any atom is -0.444 e. The van der Waals surface area contributed by atoms with Crippen molar-refractivity contribution in [2.75, 3.05) is 18.8 Å². The molecular weight excluding hydrogens is 412 g/mol. The van der Waals surface area contributed by atoms with Gasteiger partial charge in [-0.2, -0.15) is 0 Å². The molecule has 7 nitrogen and oxygen atoms in total. The van der Waals surface area contributed by atoms with Crippen molar-refractivity contribution in [3.8, 4) is 0 Å². The Hall–Kier alpha value is -2.35. The molecule has 0 radical (unpaired) electrons. The Balaban J connectivity index is 1.71. The number of nitrogens with two attached hydrogens (primary N) is 2. The van der Waals surface area contributed by atoms with Crippen LogP contribution in [0.1, 0.15) is 92.1 Å². The summed E-state index contributed by atoms with van der Waals surface area (Å²) in [5.41, 5.74) is 14.0. The first-order valence-corrected chi connectivity index (χ1v) is 12.0. The first kappa shape index (κ1) is 21.9. The van der Waals surface area contributed by atoms with Gasteiger partial charge in [-0.25, -0.2) is 9.78 Å². The molecule has 0 aromatic carbocycles. The van der Waals surface area contributed by atoms with Crippen molar-refractivity contribution < 1.29 is 14.3 Å².